The fourth-order valence-corrected chi connectivity index (χ4v) is 4.79. The Morgan fingerprint density at radius 3 is 3.00 bits per heavy atom. The van der Waals surface area contributed by atoms with Gasteiger partial charge in [-0.05, 0) is 19.5 Å². The number of ether oxygens (including phenoxy) is 1. The highest BCUT2D eigenvalue weighted by molar-refractivity contribution is 7.18. The van der Waals surface area contributed by atoms with Crippen molar-refractivity contribution in [2.24, 2.45) is 0 Å². The van der Waals surface area contributed by atoms with E-state index in [1.807, 2.05) is 6.20 Å². The Morgan fingerprint density at radius 2 is 2.25 bits per heavy atom. The molecule has 0 aliphatic carbocycles. The van der Waals surface area contributed by atoms with Crippen LogP contribution < -0.4 is 15.0 Å². The molecule has 0 aromatic carbocycles. The van der Waals surface area contributed by atoms with E-state index in [0.717, 1.165) is 59.5 Å². The van der Waals surface area contributed by atoms with Crippen molar-refractivity contribution in [3.8, 4) is 16.2 Å². The van der Waals surface area contributed by atoms with Gasteiger partial charge < -0.3 is 19.9 Å². The molecule has 2 aromatic rings. The third-order valence-electron chi connectivity index (χ3n) is 4.93. The minimum atomic E-state index is 0.0181. The largest absolute Gasteiger partial charge is 0.488 e. The Hall–Kier alpha value is -2.06. The van der Waals surface area contributed by atoms with Crippen LogP contribution in [0.15, 0.2) is 12.4 Å². The van der Waals surface area contributed by atoms with E-state index in [-0.39, 0.29) is 11.9 Å². The number of anilines is 1. The molecule has 0 saturated carbocycles. The Balaban J connectivity index is 1.52. The lowest BCUT2D eigenvalue weighted by Gasteiger charge is -2.36. The van der Waals surface area contributed by atoms with Crippen molar-refractivity contribution in [2.45, 2.75) is 12.5 Å². The number of amides is 1. The molecule has 3 aliphatic rings. The van der Waals surface area contributed by atoms with Gasteiger partial charge in [0.05, 0.1) is 23.7 Å². The summed E-state index contributed by atoms with van der Waals surface area (Å²) in [4.78, 5) is 19.3. The predicted molar refractivity (Wildman–Crippen MR) is 91.9 cm³/mol. The van der Waals surface area contributed by atoms with Crippen molar-refractivity contribution in [1.82, 2.24) is 20.4 Å². The quantitative estimate of drug-likeness (QED) is 0.873. The van der Waals surface area contributed by atoms with E-state index in [2.05, 4.69) is 25.3 Å². The molecule has 1 fully saturated rings. The monoisotopic (exact) mass is 345 g/mol. The summed E-state index contributed by atoms with van der Waals surface area (Å²) in [6, 6.07) is 0.167. The van der Waals surface area contributed by atoms with Crippen LogP contribution in [0.3, 0.4) is 0 Å². The van der Waals surface area contributed by atoms with Crippen LogP contribution in [-0.2, 0) is 0 Å². The van der Waals surface area contributed by atoms with Gasteiger partial charge in [0.25, 0.3) is 5.91 Å². The second-order valence-corrected chi connectivity index (χ2v) is 7.56. The number of aromatic nitrogens is 2. The van der Waals surface area contributed by atoms with E-state index in [1.54, 1.807) is 6.20 Å². The van der Waals surface area contributed by atoms with Crippen molar-refractivity contribution in [2.75, 3.05) is 44.2 Å². The van der Waals surface area contributed by atoms with Crippen LogP contribution in [0.25, 0.3) is 10.4 Å². The van der Waals surface area contributed by atoms with E-state index < -0.39 is 0 Å². The molecular formula is C16H19N5O2S. The zero-order valence-corrected chi connectivity index (χ0v) is 14.1. The molecule has 1 saturated heterocycles. The Bertz CT molecular complexity index is 768. The third kappa shape index (κ3) is 2.21. The molecule has 1 atom stereocenters. The summed E-state index contributed by atoms with van der Waals surface area (Å²) < 4.78 is 5.95. The number of likely N-dealkylation sites (tertiary alicyclic amines) is 1. The molecule has 0 radical (unpaired) electrons. The summed E-state index contributed by atoms with van der Waals surface area (Å²) in [5, 5.41) is 10.1. The second-order valence-electron chi connectivity index (χ2n) is 6.54. The smallest absolute Gasteiger partial charge is 0.263 e. The van der Waals surface area contributed by atoms with Crippen molar-refractivity contribution in [3.63, 3.8) is 0 Å². The Morgan fingerprint density at radius 1 is 1.33 bits per heavy atom. The SMILES string of the molecule is O=C1N[C@@H](CN2CCC2)CN2CCOc3c(-c4cn[nH]c4)sc1c32. The van der Waals surface area contributed by atoms with Crippen molar-refractivity contribution in [1.29, 1.82) is 0 Å². The summed E-state index contributed by atoms with van der Waals surface area (Å²) in [6.45, 7) is 5.54. The molecule has 0 spiro atoms. The molecule has 5 rings (SSSR count). The standard InChI is InChI=1S/C16H19N5O2S/c22-16-15-12-13(14(24-15)10-6-17-18-7-10)23-5-4-21(12)9-11(19-16)8-20-2-1-3-20/h6-7,11H,1-5,8-9H2,(H,17,18)(H,19,22)/t11-/m0/s1. The second kappa shape index (κ2) is 5.49. The Kier molecular flexibility index (Phi) is 3.27. The fraction of sp³-hybridized carbons (Fsp3) is 0.500. The molecule has 24 heavy (non-hydrogen) atoms. The van der Waals surface area contributed by atoms with Gasteiger partial charge in [0, 0.05) is 24.8 Å². The van der Waals surface area contributed by atoms with Crippen LogP contribution in [0.1, 0.15) is 16.1 Å². The highest BCUT2D eigenvalue weighted by Gasteiger charge is 2.36. The van der Waals surface area contributed by atoms with Gasteiger partial charge in [0.1, 0.15) is 17.2 Å². The lowest BCUT2D eigenvalue weighted by molar-refractivity contribution is 0.0920. The lowest BCUT2D eigenvalue weighted by atomic mass is 10.1. The van der Waals surface area contributed by atoms with Crippen LogP contribution in [-0.4, -0.2) is 66.4 Å². The molecule has 0 unspecified atom stereocenters. The van der Waals surface area contributed by atoms with E-state index in [0.29, 0.717) is 6.61 Å². The van der Waals surface area contributed by atoms with Gasteiger partial charge >= 0.3 is 0 Å². The van der Waals surface area contributed by atoms with Gasteiger partial charge in [-0.3, -0.25) is 9.89 Å². The highest BCUT2D eigenvalue weighted by Crippen LogP contribution is 2.50. The fourth-order valence-electron chi connectivity index (χ4n) is 3.64. The average Bonchev–Trinajstić information content (AvgIpc) is 3.15. The molecular weight excluding hydrogens is 326 g/mol. The topological polar surface area (TPSA) is 73.5 Å². The molecule has 2 aromatic heterocycles. The van der Waals surface area contributed by atoms with Gasteiger partial charge in [-0.2, -0.15) is 5.10 Å². The van der Waals surface area contributed by atoms with Gasteiger partial charge in [0.2, 0.25) is 0 Å². The first-order valence-corrected chi connectivity index (χ1v) is 9.18. The maximum absolute atomic E-state index is 12.8. The number of hydrogen-bond acceptors (Lipinski definition) is 6. The maximum Gasteiger partial charge on any atom is 0.263 e. The van der Waals surface area contributed by atoms with Gasteiger partial charge in [-0.1, -0.05) is 0 Å². The van der Waals surface area contributed by atoms with Crippen molar-refractivity contribution < 1.29 is 9.53 Å². The van der Waals surface area contributed by atoms with E-state index in [4.69, 9.17) is 4.74 Å². The first-order chi connectivity index (χ1) is 11.8. The summed E-state index contributed by atoms with van der Waals surface area (Å²) in [5.74, 6) is 0.854. The number of thiophene rings is 1. The molecule has 2 N–H and O–H groups in total. The van der Waals surface area contributed by atoms with Gasteiger partial charge in [-0.25, -0.2) is 0 Å². The molecule has 5 heterocycles. The lowest BCUT2D eigenvalue weighted by Crippen LogP contribution is -2.52. The minimum absolute atomic E-state index is 0.0181. The van der Waals surface area contributed by atoms with E-state index in [9.17, 15) is 4.79 Å². The van der Waals surface area contributed by atoms with E-state index >= 15 is 0 Å². The predicted octanol–water partition coefficient (Wildman–Crippen LogP) is 1.15. The first kappa shape index (κ1) is 14.3. The third-order valence-corrected chi connectivity index (χ3v) is 6.14. The molecule has 7 nitrogen and oxygen atoms in total. The van der Waals surface area contributed by atoms with E-state index in [1.165, 1.54) is 17.8 Å². The van der Waals surface area contributed by atoms with Crippen LogP contribution >= 0.6 is 11.3 Å². The molecule has 0 bridgehead atoms. The minimum Gasteiger partial charge on any atom is -0.488 e. The van der Waals surface area contributed by atoms with Crippen molar-refractivity contribution >= 4 is 22.9 Å². The number of carbonyl (C=O) groups excluding carboxylic acids is 1. The first-order valence-electron chi connectivity index (χ1n) is 8.36. The van der Waals surface area contributed by atoms with Crippen LogP contribution in [0.4, 0.5) is 5.69 Å². The maximum atomic E-state index is 12.8. The highest BCUT2D eigenvalue weighted by atomic mass is 32.1. The van der Waals surface area contributed by atoms with Crippen LogP contribution in [0.5, 0.6) is 5.75 Å². The number of aromatic amines is 1. The normalized spacial score (nSPS) is 23.1. The molecule has 1 amide bonds. The molecule has 8 heteroatoms. The average molecular weight is 345 g/mol. The Labute approximate surface area is 143 Å². The zero-order chi connectivity index (χ0) is 16.1. The number of nitrogens with zero attached hydrogens (tertiary/aromatic N) is 3. The van der Waals surface area contributed by atoms with Crippen LogP contribution in [0, 0.1) is 0 Å². The summed E-state index contributed by atoms with van der Waals surface area (Å²) in [6.07, 6.45) is 4.88. The van der Waals surface area contributed by atoms with Gasteiger partial charge in [-0.15, -0.1) is 11.3 Å². The summed E-state index contributed by atoms with van der Waals surface area (Å²) in [5.41, 5.74) is 1.93. The number of H-pyrrole nitrogens is 1. The number of rotatable bonds is 3. The number of carbonyl (C=O) groups is 1. The number of hydrogen-bond donors (Lipinski definition) is 2. The van der Waals surface area contributed by atoms with Crippen molar-refractivity contribution in [3.05, 3.63) is 17.3 Å². The summed E-state index contributed by atoms with van der Waals surface area (Å²) in [7, 11) is 0. The van der Waals surface area contributed by atoms with Gasteiger partial charge in [0.15, 0.2) is 5.75 Å². The van der Waals surface area contributed by atoms with Crippen LogP contribution in [0.2, 0.25) is 0 Å². The summed E-state index contributed by atoms with van der Waals surface area (Å²) >= 11 is 1.50. The zero-order valence-electron chi connectivity index (χ0n) is 13.2. The molecule has 126 valence electrons. The number of nitrogens with one attached hydrogen (secondary N) is 2. The molecule has 3 aliphatic heterocycles.